The lowest BCUT2D eigenvalue weighted by atomic mass is 9.41. The molecule has 168 valence electrons. The third kappa shape index (κ3) is 3.07. The second kappa shape index (κ2) is 7.18. The molecule has 0 heterocycles. The smallest absolute Gasteiger partial charge is 0.0753 e. The summed E-state index contributed by atoms with van der Waals surface area (Å²) in [6.45, 7) is 12.0. The summed E-state index contributed by atoms with van der Waals surface area (Å²) in [5.41, 5.74) is -0.725. The molecule has 4 aliphatic carbocycles. The van der Waals surface area contributed by atoms with Crippen LogP contribution in [-0.4, -0.2) is 45.8 Å². The van der Waals surface area contributed by atoms with Crippen molar-refractivity contribution in [1.82, 2.24) is 0 Å². The zero-order chi connectivity index (χ0) is 21.2. The topological polar surface area (TPSA) is 69.9 Å². The van der Waals surface area contributed by atoms with E-state index < -0.39 is 5.60 Å². The van der Waals surface area contributed by atoms with E-state index in [2.05, 4.69) is 34.6 Å². The van der Waals surface area contributed by atoms with E-state index in [1.807, 2.05) is 0 Å². The van der Waals surface area contributed by atoms with E-state index in [0.29, 0.717) is 36.7 Å². The number of fused-ring (bicyclic) bond motifs is 5. The molecule has 0 radical (unpaired) electrons. The van der Waals surface area contributed by atoms with Crippen LogP contribution in [0.15, 0.2) is 0 Å². The lowest BCUT2D eigenvalue weighted by molar-refractivity contribution is -0.246. The Morgan fingerprint density at radius 3 is 2.45 bits per heavy atom. The second-order valence-electron chi connectivity index (χ2n) is 12.1. The van der Waals surface area contributed by atoms with Gasteiger partial charge in [0.15, 0.2) is 0 Å². The normalized spacial score (nSPS) is 52.6. The number of rotatable bonds is 4. The van der Waals surface area contributed by atoms with Crippen LogP contribution in [0, 0.1) is 40.4 Å². The Morgan fingerprint density at radius 1 is 1.03 bits per heavy atom. The summed E-state index contributed by atoms with van der Waals surface area (Å²) >= 11 is 0. The molecule has 0 aromatic rings. The maximum absolute atomic E-state index is 11.8. The fraction of sp³-hybridized carbons (Fsp3) is 1.00. The molecule has 0 bridgehead atoms. The summed E-state index contributed by atoms with van der Waals surface area (Å²) in [6.07, 6.45) is 7.95. The highest BCUT2D eigenvalue weighted by Crippen LogP contribution is 2.70. The first-order valence-electron chi connectivity index (χ1n) is 12.1. The van der Waals surface area contributed by atoms with Gasteiger partial charge in [-0.1, -0.05) is 20.8 Å². The average molecular weight is 409 g/mol. The summed E-state index contributed by atoms with van der Waals surface area (Å²) in [7, 11) is 0. The standard InChI is InChI=1S/C25H44O4/c1-16-14-18-19-6-7-21(22(2,3)29-13-12-26)23(19,4)10-9-20(18)24(5)11-8-17(27)15-25(16,24)28/h16-21,26-28H,6-15H2,1-5H3/t16-,17+,18+,19+,20+,21-,23+,24-,25+/m1/s1. The molecule has 29 heavy (non-hydrogen) atoms. The number of ether oxygens (including phenoxy) is 1. The third-order valence-corrected chi connectivity index (χ3v) is 10.6. The molecular weight excluding hydrogens is 364 g/mol. The summed E-state index contributed by atoms with van der Waals surface area (Å²) in [6, 6.07) is 0. The van der Waals surface area contributed by atoms with Gasteiger partial charge in [0, 0.05) is 6.42 Å². The van der Waals surface area contributed by atoms with Crippen molar-refractivity contribution in [2.45, 2.75) is 103 Å². The molecule has 4 rings (SSSR count). The van der Waals surface area contributed by atoms with Crippen LogP contribution in [0.4, 0.5) is 0 Å². The first-order chi connectivity index (χ1) is 13.5. The van der Waals surface area contributed by atoms with Crippen LogP contribution >= 0.6 is 0 Å². The van der Waals surface area contributed by atoms with Crippen LogP contribution in [0.1, 0.15) is 86.0 Å². The third-order valence-electron chi connectivity index (χ3n) is 10.6. The predicted molar refractivity (Wildman–Crippen MR) is 114 cm³/mol. The van der Waals surface area contributed by atoms with Crippen LogP contribution in [0.3, 0.4) is 0 Å². The van der Waals surface area contributed by atoms with E-state index in [-0.39, 0.29) is 35.1 Å². The van der Waals surface area contributed by atoms with Crippen LogP contribution in [0.25, 0.3) is 0 Å². The van der Waals surface area contributed by atoms with Gasteiger partial charge in [0.25, 0.3) is 0 Å². The molecule has 0 saturated heterocycles. The fourth-order valence-corrected chi connectivity index (χ4v) is 9.21. The Morgan fingerprint density at radius 2 is 1.76 bits per heavy atom. The number of aliphatic hydroxyl groups is 3. The number of aliphatic hydroxyl groups excluding tert-OH is 2. The van der Waals surface area contributed by atoms with Gasteiger partial charge in [0.05, 0.1) is 30.5 Å². The highest BCUT2D eigenvalue weighted by Gasteiger charge is 2.67. The highest BCUT2D eigenvalue weighted by molar-refractivity contribution is 5.16. The molecule has 0 aliphatic heterocycles. The van der Waals surface area contributed by atoms with Crippen molar-refractivity contribution in [2.75, 3.05) is 13.2 Å². The zero-order valence-electron chi connectivity index (χ0n) is 19.3. The summed E-state index contributed by atoms with van der Waals surface area (Å²) in [4.78, 5) is 0. The SMILES string of the molecule is C[C@@H]1C[C@H]2[C@@H]3CC[C@H](C(C)(C)OCCO)[C@@]3(C)CC[C@@H]2[C@@]2(C)CC[C@H](O)C[C@]12O. The molecule has 4 saturated carbocycles. The Kier molecular flexibility index (Phi) is 5.46. The van der Waals surface area contributed by atoms with Crippen molar-refractivity contribution < 1.29 is 20.1 Å². The largest absolute Gasteiger partial charge is 0.394 e. The average Bonchev–Trinajstić information content (AvgIpc) is 3.01. The lowest BCUT2D eigenvalue weighted by Crippen LogP contribution is -2.66. The quantitative estimate of drug-likeness (QED) is 0.653. The van der Waals surface area contributed by atoms with Crippen molar-refractivity contribution in [3.63, 3.8) is 0 Å². The Bertz CT molecular complexity index is 620. The van der Waals surface area contributed by atoms with Crippen molar-refractivity contribution in [2.24, 2.45) is 40.4 Å². The fourth-order valence-electron chi connectivity index (χ4n) is 9.21. The van der Waals surface area contributed by atoms with Crippen LogP contribution < -0.4 is 0 Å². The summed E-state index contributed by atoms with van der Waals surface area (Å²) < 4.78 is 6.15. The van der Waals surface area contributed by atoms with E-state index in [1.54, 1.807) is 0 Å². The first kappa shape index (κ1) is 22.0. The van der Waals surface area contributed by atoms with Gasteiger partial charge in [-0.3, -0.25) is 0 Å². The molecule has 0 unspecified atom stereocenters. The molecule has 4 aliphatic rings. The van der Waals surface area contributed by atoms with E-state index >= 15 is 0 Å². The van der Waals surface area contributed by atoms with Gasteiger partial charge >= 0.3 is 0 Å². The van der Waals surface area contributed by atoms with Gasteiger partial charge in [0.2, 0.25) is 0 Å². The van der Waals surface area contributed by atoms with E-state index in [4.69, 9.17) is 4.74 Å². The molecule has 3 N–H and O–H groups in total. The maximum atomic E-state index is 11.8. The number of hydrogen-bond donors (Lipinski definition) is 3. The molecule has 0 aromatic carbocycles. The minimum absolute atomic E-state index is 0.0725. The molecule has 0 spiro atoms. The minimum Gasteiger partial charge on any atom is -0.394 e. The molecular formula is C25H44O4. The van der Waals surface area contributed by atoms with Crippen molar-refractivity contribution in [3.8, 4) is 0 Å². The van der Waals surface area contributed by atoms with E-state index in [9.17, 15) is 15.3 Å². The Hall–Kier alpha value is -0.160. The van der Waals surface area contributed by atoms with Crippen molar-refractivity contribution in [1.29, 1.82) is 0 Å². The van der Waals surface area contributed by atoms with Gasteiger partial charge in [-0.2, -0.15) is 0 Å². The second-order valence-corrected chi connectivity index (χ2v) is 12.1. The number of hydrogen-bond acceptors (Lipinski definition) is 4. The van der Waals surface area contributed by atoms with Gasteiger partial charge in [-0.25, -0.2) is 0 Å². The Labute approximate surface area is 177 Å². The summed E-state index contributed by atoms with van der Waals surface area (Å²) in [5, 5.41) is 31.4. The molecule has 4 nitrogen and oxygen atoms in total. The van der Waals surface area contributed by atoms with E-state index in [0.717, 1.165) is 19.3 Å². The van der Waals surface area contributed by atoms with Crippen LogP contribution in [0.5, 0.6) is 0 Å². The molecule has 9 atom stereocenters. The Balaban J connectivity index is 1.62. The van der Waals surface area contributed by atoms with Gasteiger partial charge in [0.1, 0.15) is 0 Å². The molecule has 4 heteroatoms. The van der Waals surface area contributed by atoms with Crippen molar-refractivity contribution >= 4 is 0 Å². The van der Waals surface area contributed by atoms with Gasteiger partial charge < -0.3 is 20.1 Å². The van der Waals surface area contributed by atoms with Gasteiger partial charge in [-0.05, 0) is 99.2 Å². The lowest BCUT2D eigenvalue weighted by Gasteiger charge is -2.66. The molecule has 0 amide bonds. The monoisotopic (exact) mass is 408 g/mol. The summed E-state index contributed by atoms with van der Waals surface area (Å²) in [5.74, 6) is 2.68. The first-order valence-corrected chi connectivity index (χ1v) is 12.1. The van der Waals surface area contributed by atoms with Gasteiger partial charge in [-0.15, -0.1) is 0 Å². The zero-order valence-corrected chi connectivity index (χ0v) is 19.3. The minimum atomic E-state index is -0.721. The van der Waals surface area contributed by atoms with Crippen molar-refractivity contribution in [3.05, 3.63) is 0 Å². The molecule has 4 fully saturated rings. The van der Waals surface area contributed by atoms with Crippen LogP contribution in [0.2, 0.25) is 0 Å². The maximum Gasteiger partial charge on any atom is 0.0753 e. The molecule has 0 aromatic heterocycles. The predicted octanol–water partition coefficient (Wildman–Crippen LogP) is 4.15. The van der Waals surface area contributed by atoms with Crippen LogP contribution in [-0.2, 0) is 4.74 Å². The van der Waals surface area contributed by atoms with E-state index in [1.165, 1.54) is 25.7 Å². The highest BCUT2D eigenvalue weighted by atomic mass is 16.5.